The van der Waals surface area contributed by atoms with E-state index in [1.807, 2.05) is 0 Å². The fourth-order valence-electron chi connectivity index (χ4n) is 4.08. The molecule has 2 atom stereocenters. The molecule has 1 aliphatic heterocycles. The zero-order valence-corrected chi connectivity index (χ0v) is 12.2. The van der Waals surface area contributed by atoms with Gasteiger partial charge in [-0.15, -0.1) is 0 Å². The van der Waals surface area contributed by atoms with Crippen molar-refractivity contribution in [2.45, 2.75) is 75.9 Å². The molecule has 0 aromatic carbocycles. The summed E-state index contributed by atoms with van der Waals surface area (Å²) in [5, 5.41) is 13.1. The highest BCUT2D eigenvalue weighted by Gasteiger charge is 2.34. The van der Waals surface area contributed by atoms with Crippen LogP contribution in [0.15, 0.2) is 0 Å². The Morgan fingerprint density at radius 3 is 2.42 bits per heavy atom. The number of aliphatic hydroxyl groups is 1. The minimum Gasteiger partial charge on any atom is -0.396 e. The van der Waals surface area contributed by atoms with Gasteiger partial charge in [0.2, 0.25) is 0 Å². The van der Waals surface area contributed by atoms with Gasteiger partial charge in [0.1, 0.15) is 0 Å². The Kier molecular flexibility index (Phi) is 4.78. The quantitative estimate of drug-likeness (QED) is 0.800. The first kappa shape index (κ1) is 13.8. The number of hydrogen-bond acceptors (Lipinski definition) is 3. The van der Waals surface area contributed by atoms with Crippen molar-refractivity contribution in [3.63, 3.8) is 0 Å². The van der Waals surface area contributed by atoms with Crippen molar-refractivity contribution < 1.29 is 5.11 Å². The van der Waals surface area contributed by atoms with Crippen LogP contribution in [0.2, 0.25) is 0 Å². The molecule has 2 saturated carbocycles. The molecule has 3 fully saturated rings. The van der Waals surface area contributed by atoms with Gasteiger partial charge in [-0.2, -0.15) is 0 Å². The van der Waals surface area contributed by atoms with Gasteiger partial charge in [0.05, 0.1) is 0 Å². The average molecular weight is 266 g/mol. The summed E-state index contributed by atoms with van der Waals surface area (Å²) in [6, 6.07) is 2.32. The third kappa shape index (κ3) is 3.93. The molecule has 0 aromatic heterocycles. The second kappa shape index (κ2) is 6.55. The molecular weight excluding hydrogens is 236 g/mol. The number of piperidine rings is 1. The lowest BCUT2D eigenvalue weighted by molar-refractivity contribution is 0.0673. The van der Waals surface area contributed by atoms with Crippen molar-refractivity contribution in [3.8, 4) is 0 Å². The summed E-state index contributed by atoms with van der Waals surface area (Å²) in [4.78, 5) is 2.75. The first-order chi connectivity index (χ1) is 9.35. The van der Waals surface area contributed by atoms with E-state index < -0.39 is 0 Å². The normalized spacial score (nSPS) is 34.6. The Labute approximate surface area is 117 Å². The molecule has 110 valence electrons. The predicted molar refractivity (Wildman–Crippen MR) is 78.2 cm³/mol. The monoisotopic (exact) mass is 266 g/mol. The second-order valence-corrected chi connectivity index (χ2v) is 7.00. The van der Waals surface area contributed by atoms with Crippen molar-refractivity contribution in [2.75, 3.05) is 19.7 Å². The molecule has 1 saturated heterocycles. The fraction of sp³-hybridized carbons (Fsp3) is 1.00. The molecule has 0 bridgehead atoms. The molecule has 1 heterocycles. The van der Waals surface area contributed by atoms with Crippen molar-refractivity contribution in [3.05, 3.63) is 0 Å². The van der Waals surface area contributed by atoms with Gasteiger partial charge in [0, 0.05) is 37.8 Å². The Hall–Kier alpha value is -0.120. The highest BCUT2D eigenvalue weighted by atomic mass is 16.3. The van der Waals surface area contributed by atoms with E-state index in [9.17, 15) is 5.11 Å². The van der Waals surface area contributed by atoms with Gasteiger partial charge in [0.15, 0.2) is 0 Å². The Balaban J connectivity index is 1.57. The predicted octanol–water partition coefficient (Wildman–Crippen LogP) is 2.14. The summed E-state index contributed by atoms with van der Waals surface area (Å²) in [5.74, 6) is 0.705. The number of aliphatic hydroxyl groups excluding tert-OH is 1. The van der Waals surface area contributed by atoms with E-state index in [-0.39, 0.29) is 0 Å². The van der Waals surface area contributed by atoms with Crippen LogP contribution in [0, 0.1) is 5.92 Å². The smallest absolute Gasteiger partial charge is 0.0434 e. The highest BCUT2D eigenvalue weighted by molar-refractivity contribution is 4.92. The molecule has 0 radical (unpaired) electrons. The van der Waals surface area contributed by atoms with E-state index >= 15 is 0 Å². The van der Waals surface area contributed by atoms with Crippen LogP contribution >= 0.6 is 0 Å². The van der Waals surface area contributed by atoms with Crippen LogP contribution < -0.4 is 5.32 Å². The molecule has 3 nitrogen and oxygen atoms in total. The van der Waals surface area contributed by atoms with Crippen LogP contribution in [-0.4, -0.2) is 47.8 Å². The average Bonchev–Trinajstić information content (AvgIpc) is 3.24. The number of rotatable bonds is 5. The van der Waals surface area contributed by atoms with E-state index in [2.05, 4.69) is 10.2 Å². The van der Waals surface area contributed by atoms with E-state index in [0.717, 1.165) is 18.5 Å². The highest BCUT2D eigenvalue weighted by Crippen LogP contribution is 2.30. The van der Waals surface area contributed by atoms with E-state index in [1.54, 1.807) is 0 Å². The van der Waals surface area contributed by atoms with Crippen molar-refractivity contribution in [1.29, 1.82) is 0 Å². The fourth-order valence-corrected chi connectivity index (χ4v) is 4.08. The molecule has 0 spiro atoms. The molecule has 0 amide bonds. The maximum Gasteiger partial charge on any atom is 0.0434 e. The van der Waals surface area contributed by atoms with E-state index in [4.69, 9.17) is 0 Å². The zero-order valence-electron chi connectivity index (χ0n) is 12.2. The van der Waals surface area contributed by atoms with Gasteiger partial charge >= 0.3 is 0 Å². The Morgan fingerprint density at radius 1 is 0.947 bits per heavy atom. The second-order valence-electron chi connectivity index (χ2n) is 7.00. The maximum atomic E-state index is 9.26. The summed E-state index contributed by atoms with van der Waals surface area (Å²) >= 11 is 0. The number of nitrogens with one attached hydrogen (secondary N) is 1. The van der Waals surface area contributed by atoms with E-state index in [0.29, 0.717) is 18.6 Å². The summed E-state index contributed by atoms with van der Waals surface area (Å²) in [7, 11) is 0. The third-order valence-electron chi connectivity index (χ3n) is 5.24. The maximum absolute atomic E-state index is 9.26. The molecule has 0 aromatic rings. The molecule has 3 aliphatic rings. The third-order valence-corrected chi connectivity index (χ3v) is 5.24. The van der Waals surface area contributed by atoms with E-state index in [1.165, 1.54) is 64.5 Å². The van der Waals surface area contributed by atoms with Crippen LogP contribution in [-0.2, 0) is 0 Å². The lowest BCUT2D eigenvalue weighted by Crippen LogP contribution is -2.53. The van der Waals surface area contributed by atoms with Gasteiger partial charge in [-0.25, -0.2) is 0 Å². The van der Waals surface area contributed by atoms with Crippen LogP contribution in [0.25, 0.3) is 0 Å². The Bertz CT molecular complexity index is 274. The molecule has 2 unspecified atom stereocenters. The van der Waals surface area contributed by atoms with Crippen LogP contribution in [0.4, 0.5) is 0 Å². The summed E-state index contributed by atoms with van der Waals surface area (Å²) < 4.78 is 0. The van der Waals surface area contributed by atoms with Gasteiger partial charge in [0.25, 0.3) is 0 Å². The lowest BCUT2D eigenvalue weighted by atomic mass is 9.87. The summed E-state index contributed by atoms with van der Waals surface area (Å²) in [6.07, 6.45) is 12.1. The number of likely N-dealkylation sites (tertiary alicyclic amines) is 1. The molecule has 3 heteroatoms. The molecule has 3 rings (SSSR count). The van der Waals surface area contributed by atoms with Crippen molar-refractivity contribution in [1.82, 2.24) is 10.2 Å². The van der Waals surface area contributed by atoms with Crippen LogP contribution in [0.1, 0.15) is 57.8 Å². The van der Waals surface area contributed by atoms with Crippen molar-refractivity contribution in [2.24, 2.45) is 5.92 Å². The van der Waals surface area contributed by atoms with Gasteiger partial charge in [-0.3, -0.25) is 4.90 Å². The molecule has 2 aliphatic carbocycles. The van der Waals surface area contributed by atoms with Gasteiger partial charge in [-0.05, 0) is 44.4 Å². The zero-order chi connectivity index (χ0) is 13.1. The minimum absolute atomic E-state index is 0.360. The lowest BCUT2D eigenvalue weighted by Gasteiger charge is -2.43. The van der Waals surface area contributed by atoms with Gasteiger partial charge < -0.3 is 10.4 Å². The topological polar surface area (TPSA) is 35.5 Å². The minimum atomic E-state index is 0.360. The molecular formula is C16H30N2O. The van der Waals surface area contributed by atoms with Crippen molar-refractivity contribution >= 4 is 0 Å². The standard InChI is InChI=1S/C16H30N2O/c19-9-8-13-10-15(17-14-6-7-14)12-18(11-13)16-4-2-1-3-5-16/h13-17,19H,1-12H2. The van der Waals surface area contributed by atoms with Crippen LogP contribution in [0.3, 0.4) is 0 Å². The number of nitrogens with zero attached hydrogens (tertiary/aromatic N) is 1. The van der Waals surface area contributed by atoms with Crippen LogP contribution in [0.5, 0.6) is 0 Å². The van der Waals surface area contributed by atoms with Gasteiger partial charge in [-0.1, -0.05) is 19.3 Å². The molecule has 19 heavy (non-hydrogen) atoms. The summed E-state index contributed by atoms with van der Waals surface area (Å²) in [5.41, 5.74) is 0. The summed E-state index contributed by atoms with van der Waals surface area (Å²) in [6.45, 7) is 2.84. The molecule has 2 N–H and O–H groups in total. The largest absolute Gasteiger partial charge is 0.396 e. The Morgan fingerprint density at radius 2 is 1.74 bits per heavy atom. The SMILES string of the molecule is OCCC1CC(NC2CC2)CN(C2CCCCC2)C1. The first-order valence-corrected chi connectivity index (χ1v) is 8.46. The number of hydrogen-bond donors (Lipinski definition) is 2. The first-order valence-electron chi connectivity index (χ1n) is 8.46.